The van der Waals surface area contributed by atoms with Gasteiger partial charge in [-0.1, -0.05) is 6.58 Å². The first kappa shape index (κ1) is 20.3. The van der Waals surface area contributed by atoms with Crippen LogP contribution in [0.15, 0.2) is 41.5 Å². The molecule has 28 heavy (non-hydrogen) atoms. The van der Waals surface area contributed by atoms with E-state index in [1.165, 1.54) is 19.3 Å². The Bertz CT molecular complexity index is 685. The molecular weight excluding hydrogens is 352 g/mol. The summed E-state index contributed by atoms with van der Waals surface area (Å²) in [5.41, 5.74) is 2.07. The largest absolute Gasteiger partial charge is 0.509 e. The number of anilines is 1. The maximum atomic E-state index is 9.69. The molecule has 2 N–H and O–H groups in total. The van der Waals surface area contributed by atoms with Crippen LogP contribution in [0.4, 0.5) is 5.95 Å². The summed E-state index contributed by atoms with van der Waals surface area (Å²) in [7, 11) is 1.82. The standard InChI is InChI=1S/C21H32N6O/c1-17(28)12-20(25-16-27-8-4-3-5-9-27)19-6-10-26(11-7-19)15-18-13-23-21(22-2)24-14-18/h12-14,16,19,28H,1,3-11,15H2,2H3,(H,22,23,24)/b20-12-,25-16+. The predicted octanol–water partition coefficient (Wildman–Crippen LogP) is 3.20. The van der Waals surface area contributed by atoms with Crippen molar-refractivity contribution in [1.82, 2.24) is 19.8 Å². The summed E-state index contributed by atoms with van der Waals surface area (Å²) in [6.07, 6.45) is 13.3. The number of aliphatic imine (C=N–C) groups is 1. The van der Waals surface area contributed by atoms with E-state index in [1.807, 2.05) is 25.8 Å². The fraction of sp³-hybridized carbons (Fsp3) is 0.571. The minimum Gasteiger partial charge on any atom is -0.509 e. The van der Waals surface area contributed by atoms with Crippen LogP contribution in [0, 0.1) is 5.92 Å². The fourth-order valence-corrected chi connectivity index (χ4v) is 3.82. The lowest BCUT2D eigenvalue weighted by molar-refractivity contribution is 0.190. The van der Waals surface area contributed by atoms with Crippen molar-refractivity contribution in [2.45, 2.75) is 38.6 Å². The molecule has 2 aliphatic heterocycles. The van der Waals surface area contributed by atoms with E-state index in [0.717, 1.165) is 56.8 Å². The van der Waals surface area contributed by atoms with Gasteiger partial charge >= 0.3 is 0 Å². The number of aliphatic hydroxyl groups excluding tert-OH is 1. The quantitative estimate of drug-likeness (QED) is 0.325. The fourth-order valence-electron chi connectivity index (χ4n) is 3.82. The van der Waals surface area contributed by atoms with Crippen LogP contribution in [0.25, 0.3) is 0 Å². The minimum atomic E-state index is 0.0787. The van der Waals surface area contributed by atoms with Crippen molar-refractivity contribution in [3.8, 4) is 0 Å². The van der Waals surface area contributed by atoms with Crippen LogP contribution in [0.1, 0.15) is 37.7 Å². The average molecular weight is 385 g/mol. The van der Waals surface area contributed by atoms with E-state index in [0.29, 0.717) is 11.9 Å². The zero-order valence-electron chi connectivity index (χ0n) is 16.8. The topological polar surface area (TPSA) is 76.9 Å². The predicted molar refractivity (Wildman–Crippen MR) is 113 cm³/mol. The van der Waals surface area contributed by atoms with Crippen LogP contribution in [0.3, 0.4) is 0 Å². The van der Waals surface area contributed by atoms with Crippen molar-refractivity contribution in [3.63, 3.8) is 0 Å². The van der Waals surface area contributed by atoms with E-state index in [2.05, 4.69) is 31.7 Å². The van der Waals surface area contributed by atoms with Crippen LogP contribution >= 0.6 is 0 Å². The number of hydrogen-bond donors (Lipinski definition) is 2. The SMILES string of the molecule is C=C(O)/C=C(\N=C\N1CCCCC1)C1CCN(Cc2cnc(NC)nc2)CC1. The maximum absolute atomic E-state index is 9.69. The highest BCUT2D eigenvalue weighted by molar-refractivity contribution is 5.57. The molecule has 0 unspecified atom stereocenters. The zero-order chi connectivity index (χ0) is 19.8. The molecule has 0 bridgehead atoms. The van der Waals surface area contributed by atoms with Gasteiger partial charge in [-0.3, -0.25) is 4.90 Å². The van der Waals surface area contributed by atoms with Gasteiger partial charge in [0.25, 0.3) is 0 Å². The molecule has 7 nitrogen and oxygen atoms in total. The van der Waals surface area contributed by atoms with Crippen LogP contribution < -0.4 is 5.32 Å². The summed E-state index contributed by atoms with van der Waals surface area (Å²) in [6, 6.07) is 0. The van der Waals surface area contributed by atoms with E-state index < -0.39 is 0 Å². The molecule has 2 saturated heterocycles. The molecule has 1 aromatic heterocycles. The van der Waals surface area contributed by atoms with Crippen molar-refractivity contribution in [3.05, 3.63) is 42.1 Å². The number of allylic oxidation sites excluding steroid dienone is 2. The molecule has 0 atom stereocenters. The first-order valence-electron chi connectivity index (χ1n) is 10.2. The van der Waals surface area contributed by atoms with Crippen molar-refractivity contribution in [2.24, 2.45) is 10.9 Å². The molecule has 2 aliphatic rings. The van der Waals surface area contributed by atoms with Gasteiger partial charge < -0.3 is 15.3 Å². The Balaban J connectivity index is 1.55. The van der Waals surface area contributed by atoms with E-state index >= 15 is 0 Å². The van der Waals surface area contributed by atoms with Gasteiger partial charge in [0, 0.05) is 62.3 Å². The molecule has 7 heteroatoms. The molecule has 0 spiro atoms. The molecule has 152 valence electrons. The van der Waals surface area contributed by atoms with E-state index in [-0.39, 0.29) is 5.76 Å². The van der Waals surface area contributed by atoms with E-state index in [1.54, 1.807) is 6.08 Å². The third-order valence-corrected chi connectivity index (χ3v) is 5.42. The van der Waals surface area contributed by atoms with Crippen molar-refractivity contribution < 1.29 is 5.11 Å². The summed E-state index contributed by atoms with van der Waals surface area (Å²) in [5.74, 6) is 1.08. The van der Waals surface area contributed by atoms with Gasteiger partial charge in [-0.05, 0) is 45.2 Å². The number of piperidine rings is 2. The summed E-state index contributed by atoms with van der Waals surface area (Å²) in [5, 5.41) is 12.6. The Morgan fingerprint density at radius 2 is 1.89 bits per heavy atom. The number of hydrogen-bond acceptors (Lipinski definition) is 6. The molecule has 3 rings (SSSR count). The Labute approximate surface area is 167 Å². The Hall–Kier alpha value is -2.41. The average Bonchev–Trinajstić information content (AvgIpc) is 2.73. The summed E-state index contributed by atoms with van der Waals surface area (Å²) in [4.78, 5) is 18.0. The molecule has 0 aromatic carbocycles. The number of nitrogens with zero attached hydrogens (tertiary/aromatic N) is 5. The number of rotatable bonds is 7. The molecular formula is C21H32N6O. The highest BCUT2D eigenvalue weighted by Gasteiger charge is 2.23. The minimum absolute atomic E-state index is 0.0787. The van der Waals surface area contributed by atoms with Gasteiger partial charge in [-0.25, -0.2) is 15.0 Å². The van der Waals surface area contributed by atoms with Gasteiger partial charge in [0.15, 0.2) is 0 Å². The lowest BCUT2D eigenvalue weighted by atomic mass is 9.93. The molecule has 0 saturated carbocycles. The number of likely N-dealkylation sites (tertiary alicyclic amines) is 2. The van der Waals surface area contributed by atoms with Crippen LogP contribution in [0.2, 0.25) is 0 Å². The summed E-state index contributed by atoms with van der Waals surface area (Å²) >= 11 is 0. The van der Waals surface area contributed by atoms with Gasteiger partial charge in [0.05, 0.1) is 6.34 Å². The highest BCUT2D eigenvalue weighted by Crippen LogP contribution is 2.27. The number of aromatic nitrogens is 2. The molecule has 0 aliphatic carbocycles. The van der Waals surface area contributed by atoms with Gasteiger partial charge in [0.2, 0.25) is 5.95 Å². The normalized spacial score (nSPS) is 19.9. The lowest BCUT2D eigenvalue weighted by Crippen LogP contribution is -2.34. The molecule has 0 amide bonds. The zero-order valence-corrected chi connectivity index (χ0v) is 16.8. The van der Waals surface area contributed by atoms with Crippen LogP contribution in [0.5, 0.6) is 0 Å². The second-order valence-corrected chi connectivity index (χ2v) is 7.62. The third kappa shape index (κ3) is 6.05. The maximum Gasteiger partial charge on any atom is 0.222 e. The second kappa shape index (κ2) is 10.2. The first-order valence-corrected chi connectivity index (χ1v) is 10.2. The first-order chi connectivity index (χ1) is 13.6. The van der Waals surface area contributed by atoms with Crippen molar-refractivity contribution in [1.29, 1.82) is 0 Å². The Morgan fingerprint density at radius 1 is 1.21 bits per heavy atom. The third-order valence-electron chi connectivity index (χ3n) is 5.42. The Morgan fingerprint density at radius 3 is 2.50 bits per heavy atom. The van der Waals surface area contributed by atoms with Gasteiger partial charge in [-0.2, -0.15) is 0 Å². The Kier molecular flexibility index (Phi) is 7.42. The number of nitrogens with one attached hydrogen (secondary N) is 1. The van der Waals surface area contributed by atoms with Gasteiger partial charge in [-0.15, -0.1) is 0 Å². The molecule has 0 radical (unpaired) electrons. The second-order valence-electron chi connectivity index (χ2n) is 7.62. The summed E-state index contributed by atoms with van der Waals surface area (Å²) in [6.45, 7) is 8.62. The van der Waals surface area contributed by atoms with E-state index in [4.69, 9.17) is 4.99 Å². The lowest BCUT2D eigenvalue weighted by Gasteiger charge is -2.32. The summed E-state index contributed by atoms with van der Waals surface area (Å²) < 4.78 is 0. The molecule has 3 heterocycles. The van der Waals surface area contributed by atoms with Crippen molar-refractivity contribution >= 4 is 12.3 Å². The van der Waals surface area contributed by atoms with Crippen molar-refractivity contribution in [2.75, 3.05) is 38.5 Å². The molecule has 2 fully saturated rings. The van der Waals surface area contributed by atoms with Crippen LogP contribution in [-0.2, 0) is 6.54 Å². The highest BCUT2D eigenvalue weighted by atomic mass is 16.3. The smallest absolute Gasteiger partial charge is 0.222 e. The molecule has 1 aromatic rings. The van der Waals surface area contributed by atoms with Crippen LogP contribution in [-0.4, -0.2) is 64.4 Å². The van der Waals surface area contributed by atoms with Gasteiger partial charge in [0.1, 0.15) is 5.76 Å². The monoisotopic (exact) mass is 384 g/mol. The van der Waals surface area contributed by atoms with E-state index in [9.17, 15) is 5.11 Å². The number of aliphatic hydroxyl groups is 1.